The average molecular weight is 475 g/mol. The minimum absolute atomic E-state index is 0.0103. The second-order valence-electron chi connectivity index (χ2n) is 7.99. The second kappa shape index (κ2) is 8.46. The van der Waals surface area contributed by atoms with Crippen LogP contribution in [0.1, 0.15) is 21.6 Å². The maximum absolute atomic E-state index is 13.5. The van der Waals surface area contributed by atoms with Gasteiger partial charge in [0.05, 0.1) is 17.7 Å². The maximum atomic E-state index is 13.5. The molecule has 0 amide bonds. The molecule has 0 saturated carbocycles. The van der Waals surface area contributed by atoms with Crippen LogP contribution in [-0.4, -0.2) is 33.0 Å². The minimum atomic E-state index is -3.89. The number of aryl methyl sites for hydroxylation is 1. The number of ether oxygens (including phenoxy) is 2. The molecule has 5 rings (SSSR count). The first-order valence-corrected chi connectivity index (χ1v) is 12.2. The Morgan fingerprint density at radius 1 is 0.971 bits per heavy atom. The second-order valence-corrected chi connectivity index (χ2v) is 9.85. The van der Waals surface area contributed by atoms with Crippen LogP contribution in [0.2, 0.25) is 0 Å². The lowest BCUT2D eigenvalue weighted by Crippen LogP contribution is -2.29. The number of para-hydroxylation sites is 2. The number of pyridine rings is 1. The van der Waals surface area contributed by atoms with Crippen LogP contribution in [0.5, 0.6) is 11.5 Å². The summed E-state index contributed by atoms with van der Waals surface area (Å²) in [6.07, 6.45) is 0.633. The molecule has 0 bridgehead atoms. The molecule has 172 valence electrons. The fourth-order valence-electron chi connectivity index (χ4n) is 4.15. The number of benzene rings is 3. The molecule has 1 aromatic heterocycles. The number of hydrogen-bond donors (Lipinski definition) is 0. The van der Waals surface area contributed by atoms with E-state index in [1.807, 2.05) is 43.3 Å². The van der Waals surface area contributed by atoms with Crippen LogP contribution in [0.25, 0.3) is 10.9 Å². The van der Waals surface area contributed by atoms with Crippen molar-refractivity contribution in [3.8, 4) is 11.5 Å². The maximum Gasteiger partial charge on any atom is 0.347 e. The number of methoxy groups -OCH3 is 1. The molecule has 7 nitrogen and oxygen atoms in total. The summed E-state index contributed by atoms with van der Waals surface area (Å²) in [5.74, 6) is -0.225. The molecule has 0 unspecified atom stereocenters. The van der Waals surface area contributed by atoms with Crippen LogP contribution < -0.4 is 13.8 Å². The van der Waals surface area contributed by atoms with E-state index in [1.165, 1.54) is 29.6 Å². The van der Waals surface area contributed by atoms with Crippen molar-refractivity contribution in [1.82, 2.24) is 4.98 Å². The van der Waals surface area contributed by atoms with Gasteiger partial charge in [0, 0.05) is 17.6 Å². The lowest BCUT2D eigenvalue weighted by Gasteiger charge is -2.20. The molecule has 34 heavy (non-hydrogen) atoms. The topological polar surface area (TPSA) is 85.8 Å². The van der Waals surface area contributed by atoms with Gasteiger partial charge in [-0.3, -0.25) is 4.31 Å². The fraction of sp³-hybridized carbons (Fsp3) is 0.154. The van der Waals surface area contributed by atoms with Crippen LogP contribution in [-0.2, 0) is 16.4 Å². The molecule has 0 atom stereocenters. The van der Waals surface area contributed by atoms with E-state index < -0.39 is 16.0 Å². The van der Waals surface area contributed by atoms with Crippen molar-refractivity contribution in [2.75, 3.05) is 18.0 Å². The zero-order valence-electron chi connectivity index (χ0n) is 18.7. The highest BCUT2D eigenvalue weighted by molar-refractivity contribution is 7.92. The van der Waals surface area contributed by atoms with Gasteiger partial charge in [-0.15, -0.1) is 0 Å². The van der Waals surface area contributed by atoms with Crippen molar-refractivity contribution in [3.63, 3.8) is 0 Å². The quantitative estimate of drug-likeness (QED) is 0.312. The van der Waals surface area contributed by atoms with Gasteiger partial charge in [0.15, 0.2) is 5.75 Å². The van der Waals surface area contributed by atoms with Gasteiger partial charge in [-0.2, -0.15) is 0 Å². The number of aromatic nitrogens is 1. The Labute approximate surface area is 197 Å². The Hall–Kier alpha value is -3.91. The first-order valence-electron chi connectivity index (χ1n) is 10.8. The Bertz CT molecular complexity index is 1530. The molecular formula is C26H22N2O5S. The van der Waals surface area contributed by atoms with Crippen LogP contribution in [0, 0.1) is 6.92 Å². The van der Waals surface area contributed by atoms with Gasteiger partial charge in [0.25, 0.3) is 10.0 Å². The number of nitrogens with zero attached hydrogens (tertiary/aromatic N) is 2. The predicted molar refractivity (Wildman–Crippen MR) is 129 cm³/mol. The molecule has 0 aliphatic carbocycles. The molecular weight excluding hydrogens is 452 g/mol. The van der Waals surface area contributed by atoms with Crippen LogP contribution >= 0.6 is 0 Å². The largest absolute Gasteiger partial charge is 0.496 e. The average Bonchev–Trinajstić information content (AvgIpc) is 3.29. The van der Waals surface area contributed by atoms with Gasteiger partial charge in [-0.05, 0) is 55.3 Å². The zero-order valence-corrected chi connectivity index (χ0v) is 19.5. The summed E-state index contributed by atoms with van der Waals surface area (Å²) < 4.78 is 39.3. The summed E-state index contributed by atoms with van der Waals surface area (Å²) in [7, 11) is -2.47. The molecule has 8 heteroatoms. The summed E-state index contributed by atoms with van der Waals surface area (Å²) in [5.41, 5.74) is 2.97. The van der Waals surface area contributed by atoms with Crippen LogP contribution in [0.15, 0.2) is 77.7 Å². The van der Waals surface area contributed by atoms with Gasteiger partial charge >= 0.3 is 5.97 Å². The summed E-state index contributed by atoms with van der Waals surface area (Å²) in [5, 5.41) is 0.826. The molecule has 0 saturated heterocycles. The van der Waals surface area contributed by atoms with E-state index in [0.29, 0.717) is 24.2 Å². The zero-order chi connectivity index (χ0) is 23.9. The van der Waals surface area contributed by atoms with Gasteiger partial charge in [-0.1, -0.05) is 36.4 Å². The number of carbonyl (C=O) groups excluding carboxylic acids is 1. The molecule has 1 aliphatic rings. The molecule has 3 aromatic carbocycles. The lowest BCUT2D eigenvalue weighted by molar-refractivity contribution is 0.0733. The van der Waals surface area contributed by atoms with Crippen molar-refractivity contribution in [1.29, 1.82) is 0 Å². The van der Waals surface area contributed by atoms with Crippen molar-refractivity contribution >= 4 is 32.6 Å². The smallest absolute Gasteiger partial charge is 0.347 e. The van der Waals surface area contributed by atoms with Gasteiger partial charge in [0.2, 0.25) is 0 Å². The number of sulfonamides is 1. The summed E-state index contributed by atoms with van der Waals surface area (Å²) in [6.45, 7) is 2.19. The highest BCUT2D eigenvalue weighted by Crippen LogP contribution is 2.34. The van der Waals surface area contributed by atoms with E-state index >= 15 is 0 Å². The van der Waals surface area contributed by atoms with Crippen molar-refractivity contribution in [2.24, 2.45) is 0 Å². The molecule has 0 spiro atoms. The highest BCUT2D eigenvalue weighted by Gasteiger charge is 2.32. The van der Waals surface area contributed by atoms with E-state index in [4.69, 9.17) is 9.47 Å². The third-order valence-corrected chi connectivity index (χ3v) is 7.66. The number of rotatable bonds is 5. The molecule has 1 aliphatic heterocycles. The monoisotopic (exact) mass is 474 g/mol. The molecule has 0 fully saturated rings. The standard InChI is InChI=1S/C26H22N2O5S/c1-17-10-11-19-7-5-9-24(25(19)27-17)33-26(29)21-16-20(12-13-23(21)32-2)34(30,31)28-15-14-18-6-3-4-8-22(18)28/h3-13,16H,14-15H2,1-2H3. The van der Waals surface area contributed by atoms with E-state index in [-0.39, 0.29) is 22.0 Å². The number of anilines is 1. The molecule has 0 radical (unpaired) electrons. The first-order chi connectivity index (χ1) is 16.4. The minimum Gasteiger partial charge on any atom is -0.496 e. The van der Waals surface area contributed by atoms with Crippen molar-refractivity contribution < 1.29 is 22.7 Å². The van der Waals surface area contributed by atoms with E-state index in [2.05, 4.69) is 4.98 Å². The molecule has 4 aromatic rings. The molecule has 2 heterocycles. The molecule has 0 N–H and O–H groups in total. The summed E-state index contributed by atoms with van der Waals surface area (Å²) >= 11 is 0. The number of esters is 1. The van der Waals surface area contributed by atoms with Crippen molar-refractivity contribution in [2.45, 2.75) is 18.2 Å². The highest BCUT2D eigenvalue weighted by atomic mass is 32.2. The van der Waals surface area contributed by atoms with Crippen LogP contribution in [0.3, 0.4) is 0 Å². The van der Waals surface area contributed by atoms with Gasteiger partial charge in [-0.25, -0.2) is 18.2 Å². The van der Waals surface area contributed by atoms with E-state index in [1.54, 1.807) is 18.2 Å². The van der Waals surface area contributed by atoms with E-state index in [9.17, 15) is 13.2 Å². The number of carbonyl (C=O) groups is 1. The fourth-order valence-corrected chi connectivity index (χ4v) is 5.68. The first kappa shape index (κ1) is 21.9. The number of hydrogen-bond acceptors (Lipinski definition) is 6. The normalized spacial score (nSPS) is 13.1. The Morgan fingerprint density at radius 2 is 1.79 bits per heavy atom. The van der Waals surface area contributed by atoms with E-state index in [0.717, 1.165) is 16.6 Å². The van der Waals surface area contributed by atoms with Crippen molar-refractivity contribution in [3.05, 3.63) is 89.6 Å². The number of fused-ring (bicyclic) bond motifs is 2. The Morgan fingerprint density at radius 3 is 2.62 bits per heavy atom. The predicted octanol–water partition coefficient (Wildman–Crippen LogP) is 4.52. The van der Waals surface area contributed by atoms with Crippen LogP contribution in [0.4, 0.5) is 5.69 Å². The Kier molecular flexibility index (Phi) is 5.45. The lowest BCUT2D eigenvalue weighted by atomic mass is 10.2. The van der Waals surface area contributed by atoms with Gasteiger partial charge in [0.1, 0.15) is 16.8 Å². The third kappa shape index (κ3) is 3.76. The SMILES string of the molecule is COc1ccc(S(=O)(=O)N2CCc3ccccc32)cc1C(=O)Oc1cccc2ccc(C)nc12. The Balaban J connectivity index is 1.52. The summed E-state index contributed by atoms with van der Waals surface area (Å²) in [4.78, 5) is 17.7. The summed E-state index contributed by atoms with van der Waals surface area (Å²) in [6, 6.07) is 20.7. The third-order valence-electron chi connectivity index (χ3n) is 5.85. The van der Waals surface area contributed by atoms with Gasteiger partial charge < -0.3 is 9.47 Å².